The van der Waals surface area contributed by atoms with E-state index < -0.39 is 0 Å². The molecule has 6 nitrogen and oxygen atoms in total. The number of para-hydroxylation sites is 1. The van der Waals surface area contributed by atoms with Gasteiger partial charge in [0.1, 0.15) is 6.61 Å². The monoisotopic (exact) mass is 353 g/mol. The molecule has 3 rings (SSSR count). The van der Waals surface area contributed by atoms with E-state index in [4.69, 9.17) is 11.2 Å². The maximum Gasteiger partial charge on any atom is 0.261 e. The summed E-state index contributed by atoms with van der Waals surface area (Å²) in [6.07, 6.45) is 9.01. The highest BCUT2D eigenvalue weighted by Crippen LogP contribution is 2.17. The Bertz CT molecular complexity index is 868. The molecule has 2 heterocycles. The average molecular weight is 353 g/mol. The van der Waals surface area contributed by atoms with Crippen LogP contribution in [0, 0.1) is 18.3 Å². The first kappa shape index (κ1) is 18.2. The fourth-order valence-electron chi connectivity index (χ4n) is 3.35. The first-order valence-corrected chi connectivity index (χ1v) is 8.92. The summed E-state index contributed by atoms with van der Waals surface area (Å²) in [4.78, 5) is 31.2. The van der Waals surface area contributed by atoms with Gasteiger partial charge in [-0.25, -0.2) is 4.98 Å². The summed E-state index contributed by atoms with van der Waals surface area (Å²) in [5, 5.41) is 0.575. The van der Waals surface area contributed by atoms with Crippen molar-refractivity contribution in [1.29, 1.82) is 0 Å². The molecule has 0 radical (unpaired) electrons. The highest BCUT2D eigenvalue weighted by Gasteiger charge is 2.23. The fourth-order valence-corrected chi connectivity index (χ4v) is 3.35. The summed E-state index contributed by atoms with van der Waals surface area (Å²) in [5.41, 5.74) is 0.563. The molecule has 1 aliphatic rings. The zero-order chi connectivity index (χ0) is 18.4. The molecule has 1 atom stereocenters. The highest BCUT2D eigenvalue weighted by molar-refractivity contribution is 5.77. The number of amides is 1. The van der Waals surface area contributed by atoms with Gasteiger partial charge in [-0.1, -0.05) is 18.1 Å². The molecule has 1 aliphatic heterocycles. The topological polar surface area (TPSA) is 64.4 Å². The summed E-state index contributed by atoms with van der Waals surface area (Å²) in [6, 6.07) is 7.23. The number of nitrogens with zero attached hydrogens (tertiary/aromatic N) is 3. The van der Waals surface area contributed by atoms with Gasteiger partial charge >= 0.3 is 0 Å². The lowest BCUT2D eigenvalue weighted by atomic mass is 9.98. The number of terminal acetylenes is 1. The highest BCUT2D eigenvalue weighted by atomic mass is 16.5. The van der Waals surface area contributed by atoms with Gasteiger partial charge < -0.3 is 9.64 Å². The van der Waals surface area contributed by atoms with Crippen molar-refractivity contribution in [1.82, 2.24) is 14.5 Å². The van der Waals surface area contributed by atoms with E-state index in [-0.39, 0.29) is 17.9 Å². The molecule has 0 saturated carbocycles. The number of carbonyl (C=O) groups excluding carboxylic acids is 1. The Hall–Kier alpha value is -2.65. The van der Waals surface area contributed by atoms with Crippen molar-refractivity contribution in [2.75, 3.05) is 26.3 Å². The van der Waals surface area contributed by atoms with Crippen LogP contribution in [-0.2, 0) is 16.1 Å². The van der Waals surface area contributed by atoms with Crippen molar-refractivity contribution < 1.29 is 9.53 Å². The van der Waals surface area contributed by atoms with Gasteiger partial charge in [0.2, 0.25) is 5.91 Å². The van der Waals surface area contributed by atoms with Crippen LogP contribution >= 0.6 is 0 Å². The number of aryl methyl sites for hydroxylation is 1. The van der Waals surface area contributed by atoms with Crippen LogP contribution in [0.1, 0.15) is 19.3 Å². The van der Waals surface area contributed by atoms with Gasteiger partial charge in [0.05, 0.1) is 23.8 Å². The Morgan fingerprint density at radius 2 is 2.23 bits per heavy atom. The zero-order valence-electron chi connectivity index (χ0n) is 14.8. The van der Waals surface area contributed by atoms with E-state index in [0.717, 1.165) is 19.4 Å². The van der Waals surface area contributed by atoms with E-state index >= 15 is 0 Å². The van der Waals surface area contributed by atoms with Gasteiger partial charge in [-0.15, -0.1) is 6.42 Å². The Kier molecular flexibility index (Phi) is 6.03. The van der Waals surface area contributed by atoms with Gasteiger partial charge in [-0.2, -0.15) is 0 Å². The van der Waals surface area contributed by atoms with Crippen LogP contribution in [0.3, 0.4) is 0 Å². The molecule has 1 aromatic heterocycles. The summed E-state index contributed by atoms with van der Waals surface area (Å²) >= 11 is 0. The van der Waals surface area contributed by atoms with Crippen molar-refractivity contribution in [3.63, 3.8) is 0 Å². The van der Waals surface area contributed by atoms with Gasteiger partial charge in [-0.3, -0.25) is 14.2 Å². The smallest absolute Gasteiger partial charge is 0.261 e. The number of hydrogen-bond donors (Lipinski definition) is 0. The molecule has 0 bridgehead atoms. The number of ether oxygens (including phenoxy) is 1. The molecule has 136 valence electrons. The van der Waals surface area contributed by atoms with Crippen molar-refractivity contribution in [3.05, 3.63) is 40.9 Å². The molecule has 0 aliphatic carbocycles. The minimum absolute atomic E-state index is 0.0618. The van der Waals surface area contributed by atoms with Gasteiger partial charge in [-0.05, 0) is 30.9 Å². The third kappa shape index (κ3) is 4.30. The lowest BCUT2D eigenvalue weighted by Crippen LogP contribution is -2.41. The van der Waals surface area contributed by atoms with E-state index in [2.05, 4.69) is 10.9 Å². The Labute approximate surface area is 152 Å². The molecule has 2 aromatic rings. The number of rotatable bonds is 6. The van der Waals surface area contributed by atoms with Gasteiger partial charge in [0, 0.05) is 26.1 Å². The maximum absolute atomic E-state index is 12.5. The normalized spacial score (nSPS) is 17.2. The molecule has 6 heteroatoms. The number of hydrogen-bond acceptors (Lipinski definition) is 4. The van der Waals surface area contributed by atoms with Crippen LogP contribution in [0.5, 0.6) is 0 Å². The van der Waals surface area contributed by atoms with E-state index in [0.29, 0.717) is 43.1 Å². The van der Waals surface area contributed by atoms with E-state index in [9.17, 15) is 9.59 Å². The van der Waals surface area contributed by atoms with Crippen molar-refractivity contribution in [3.8, 4) is 12.3 Å². The van der Waals surface area contributed by atoms with Crippen LogP contribution in [0.25, 0.3) is 10.9 Å². The van der Waals surface area contributed by atoms with Crippen LogP contribution < -0.4 is 5.56 Å². The number of aromatic nitrogens is 2. The molecule has 1 aromatic carbocycles. The Morgan fingerprint density at radius 3 is 3.08 bits per heavy atom. The van der Waals surface area contributed by atoms with Gasteiger partial charge in [0.25, 0.3) is 5.56 Å². The molecule has 1 amide bonds. The summed E-state index contributed by atoms with van der Waals surface area (Å²) < 4.78 is 6.92. The zero-order valence-corrected chi connectivity index (χ0v) is 14.8. The van der Waals surface area contributed by atoms with E-state index in [1.165, 1.54) is 10.9 Å². The molecular formula is C20H23N3O3. The standard InChI is InChI=1S/C20H23N3O3/c1-2-12-26-14-16-6-5-10-22(13-16)19(24)9-11-23-15-21-18-8-4-3-7-17(18)20(23)25/h1,3-4,7-8,15-16H,5-6,9-14H2. The summed E-state index contributed by atoms with van der Waals surface area (Å²) in [7, 11) is 0. The number of benzene rings is 1. The predicted octanol–water partition coefficient (Wildman–Crippen LogP) is 1.67. The second-order valence-corrected chi connectivity index (χ2v) is 6.58. The van der Waals surface area contributed by atoms with Crippen LogP contribution in [-0.4, -0.2) is 46.7 Å². The Balaban J connectivity index is 1.58. The number of carbonyl (C=O) groups is 1. The summed E-state index contributed by atoms with van der Waals surface area (Å²) in [5.74, 6) is 2.84. The lowest BCUT2D eigenvalue weighted by Gasteiger charge is -2.32. The third-order valence-electron chi connectivity index (χ3n) is 4.71. The number of fused-ring (bicyclic) bond motifs is 1. The minimum atomic E-state index is -0.109. The Morgan fingerprint density at radius 1 is 1.38 bits per heavy atom. The first-order valence-electron chi connectivity index (χ1n) is 8.92. The van der Waals surface area contributed by atoms with E-state index in [1.54, 1.807) is 6.07 Å². The van der Waals surface area contributed by atoms with Crippen LogP contribution in [0.4, 0.5) is 0 Å². The first-order chi connectivity index (χ1) is 12.7. The molecular weight excluding hydrogens is 330 g/mol. The largest absolute Gasteiger partial charge is 0.368 e. The minimum Gasteiger partial charge on any atom is -0.368 e. The quantitative estimate of drug-likeness (QED) is 0.585. The lowest BCUT2D eigenvalue weighted by molar-refractivity contribution is -0.133. The molecule has 0 N–H and O–H groups in total. The third-order valence-corrected chi connectivity index (χ3v) is 4.71. The SMILES string of the molecule is C#CCOCC1CCCN(C(=O)CCn2cnc3ccccc3c2=O)C1. The molecule has 1 unspecified atom stereocenters. The van der Waals surface area contributed by atoms with Gasteiger partial charge in [0.15, 0.2) is 0 Å². The van der Waals surface area contributed by atoms with Crippen LogP contribution in [0.15, 0.2) is 35.4 Å². The summed E-state index contributed by atoms with van der Waals surface area (Å²) in [6.45, 7) is 2.68. The van der Waals surface area contributed by atoms with Crippen molar-refractivity contribution in [2.24, 2.45) is 5.92 Å². The molecule has 0 spiro atoms. The second kappa shape index (κ2) is 8.63. The van der Waals surface area contributed by atoms with Crippen molar-refractivity contribution >= 4 is 16.8 Å². The predicted molar refractivity (Wildman–Crippen MR) is 99.6 cm³/mol. The molecule has 1 saturated heterocycles. The number of likely N-dealkylation sites (tertiary alicyclic amines) is 1. The molecule has 1 fully saturated rings. The van der Waals surface area contributed by atoms with Crippen LogP contribution in [0.2, 0.25) is 0 Å². The molecule has 26 heavy (non-hydrogen) atoms. The number of piperidine rings is 1. The maximum atomic E-state index is 12.5. The van der Waals surface area contributed by atoms with Crippen molar-refractivity contribution in [2.45, 2.75) is 25.8 Å². The van der Waals surface area contributed by atoms with E-state index in [1.807, 2.05) is 23.1 Å². The average Bonchev–Trinajstić information content (AvgIpc) is 2.68. The fraction of sp³-hybridized carbons (Fsp3) is 0.450. The second-order valence-electron chi connectivity index (χ2n) is 6.58.